The molecular weight excluding hydrogens is 209 g/mol. The molecule has 0 radical (unpaired) electrons. The molecule has 0 spiro atoms. The van der Waals surface area contributed by atoms with E-state index in [0.29, 0.717) is 10.2 Å². The van der Waals surface area contributed by atoms with Gasteiger partial charge in [-0.1, -0.05) is 13.8 Å². The Morgan fingerprint density at radius 1 is 1.45 bits per heavy atom. The van der Waals surface area contributed by atoms with Gasteiger partial charge in [-0.05, 0) is 28.9 Å². The van der Waals surface area contributed by atoms with Gasteiger partial charge >= 0.3 is 0 Å². The predicted molar refractivity (Wildman–Crippen MR) is 48.0 cm³/mol. The molecule has 0 N–H and O–H groups in total. The van der Waals surface area contributed by atoms with Gasteiger partial charge in [-0.25, -0.2) is 4.39 Å². The number of nitrogens with zero attached hydrogens (tertiary/aromatic N) is 1. The van der Waals surface area contributed by atoms with Crippen molar-refractivity contribution in [2.45, 2.75) is 20.8 Å². The highest BCUT2D eigenvalue weighted by atomic mass is 79.9. The van der Waals surface area contributed by atoms with Crippen LogP contribution in [0.5, 0.6) is 0 Å². The van der Waals surface area contributed by atoms with Crippen molar-refractivity contribution < 1.29 is 4.39 Å². The second-order valence-electron chi connectivity index (χ2n) is 1.74. The maximum Gasteiger partial charge on any atom is 0.140 e. The summed E-state index contributed by atoms with van der Waals surface area (Å²) in [5, 5.41) is 0. The third kappa shape index (κ3) is 3.46. The normalized spacial score (nSPS) is 8.45. The fourth-order valence-electron chi connectivity index (χ4n) is 0.510. The molecule has 0 aliphatic rings. The number of pyridine rings is 1. The van der Waals surface area contributed by atoms with Crippen LogP contribution in [0.4, 0.5) is 4.39 Å². The van der Waals surface area contributed by atoms with Gasteiger partial charge in [0.05, 0.1) is 4.47 Å². The number of aromatic nitrogens is 1. The minimum Gasteiger partial charge on any atom is -0.260 e. The van der Waals surface area contributed by atoms with Crippen molar-refractivity contribution in [3.63, 3.8) is 0 Å². The average Bonchev–Trinajstić information content (AvgIpc) is 2.02. The highest BCUT2D eigenvalue weighted by molar-refractivity contribution is 9.10. The molecule has 1 nitrogen and oxygen atoms in total. The third-order valence-electron chi connectivity index (χ3n) is 0.945. The summed E-state index contributed by atoms with van der Waals surface area (Å²) in [7, 11) is 0. The fourth-order valence-corrected chi connectivity index (χ4v) is 0.727. The Morgan fingerprint density at radius 3 is 2.36 bits per heavy atom. The van der Waals surface area contributed by atoms with Gasteiger partial charge < -0.3 is 0 Å². The first-order valence-corrected chi connectivity index (χ1v) is 4.27. The molecular formula is C8H11BrFN. The molecule has 0 aromatic carbocycles. The van der Waals surface area contributed by atoms with Crippen LogP contribution in [0.3, 0.4) is 0 Å². The number of hydrogen-bond acceptors (Lipinski definition) is 1. The van der Waals surface area contributed by atoms with Crippen LogP contribution < -0.4 is 0 Å². The van der Waals surface area contributed by atoms with Crippen molar-refractivity contribution >= 4 is 15.9 Å². The Balaban J connectivity index is 0.000000461. The van der Waals surface area contributed by atoms with Gasteiger partial charge in [-0.15, -0.1) is 0 Å². The summed E-state index contributed by atoms with van der Waals surface area (Å²) >= 11 is 2.99. The lowest BCUT2D eigenvalue weighted by atomic mass is 10.4. The van der Waals surface area contributed by atoms with E-state index in [0.717, 1.165) is 0 Å². The third-order valence-corrected chi connectivity index (χ3v) is 1.53. The molecule has 0 atom stereocenters. The van der Waals surface area contributed by atoms with Crippen molar-refractivity contribution in [3.05, 3.63) is 28.2 Å². The molecule has 1 heterocycles. The minimum atomic E-state index is -0.262. The Hall–Kier alpha value is -0.440. The number of hydrogen-bond donors (Lipinski definition) is 0. The van der Waals surface area contributed by atoms with Crippen molar-refractivity contribution in [2.24, 2.45) is 0 Å². The standard InChI is InChI=1S/C6H5BrFN.C2H6/c1-4-2-6(8)5(7)3-9-4;1-2/h2-3H,1H3;1-2H3. The Labute approximate surface area is 74.8 Å². The van der Waals surface area contributed by atoms with Crippen LogP contribution in [-0.2, 0) is 0 Å². The van der Waals surface area contributed by atoms with Gasteiger partial charge in [-0.3, -0.25) is 4.98 Å². The average molecular weight is 220 g/mol. The monoisotopic (exact) mass is 219 g/mol. The molecule has 0 unspecified atom stereocenters. The first-order chi connectivity index (χ1) is 5.20. The summed E-state index contributed by atoms with van der Waals surface area (Å²) in [5.74, 6) is -0.262. The van der Waals surface area contributed by atoms with E-state index in [9.17, 15) is 4.39 Å². The highest BCUT2D eigenvalue weighted by Gasteiger charge is 1.96. The Bertz CT molecular complexity index is 225. The van der Waals surface area contributed by atoms with Gasteiger partial charge in [0.15, 0.2) is 0 Å². The molecule has 1 aromatic rings. The van der Waals surface area contributed by atoms with Crippen LogP contribution in [-0.4, -0.2) is 4.98 Å². The molecule has 1 rings (SSSR count). The summed E-state index contributed by atoms with van der Waals surface area (Å²) in [6.07, 6.45) is 1.45. The van der Waals surface area contributed by atoms with E-state index in [4.69, 9.17) is 0 Å². The van der Waals surface area contributed by atoms with Gasteiger partial charge in [-0.2, -0.15) is 0 Å². The number of aryl methyl sites for hydroxylation is 1. The van der Waals surface area contributed by atoms with Crippen LogP contribution in [0.25, 0.3) is 0 Å². The SMILES string of the molecule is CC.Cc1cc(F)c(Br)cn1. The Kier molecular flexibility index (Phi) is 5.03. The van der Waals surface area contributed by atoms with Crippen LogP contribution in [0, 0.1) is 12.7 Å². The largest absolute Gasteiger partial charge is 0.260 e. The maximum atomic E-state index is 12.5. The van der Waals surface area contributed by atoms with E-state index in [-0.39, 0.29) is 5.82 Å². The van der Waals surface area contributed by atoms with E-state index in [2.05, 4.69) is 20.9 Å². The molecule has 3 heteroatoms. The Morgan fingerprint density at radius 2 is 2.00 bits per heavy atom. The maximum absolute atomic E-state index is 12.5. The lowest BCUT2D eigenvalue weighted by Crippen LogP contribution is -1.83. The second-order valence-corrected chi connectivity index (χ2v) is 2.59. The zero-order valence-corrected chi connectivity index (χ0v) is 8.44. The molecule has 1 aromatic heterocycles. The van der Waals surface area contributed by atoms with Crippen LogP contribution in [0.1, 0.15) is 19.5 Å². The quantitative estimate of drug-likeness (QED) is 0.653. The second kappa shape index (κ2) is 5.24. The lowest BCUT2D eigenvalue weighted by molar-refractivity contribution is 0.616. The molecule has 11 heavy (non-hydrogen) atoms. The van der Waals surface area contributed by atoms with Crippen molar-refractivity contribution in [2.75, 3.05) is 0 Å². The summed E-state index contributed by atoms with van der Waals surface area (Å²) in [5.41, 5.74) is 0.690. The van der Waals surface area contributed by atoms with Crippen molar-refractivity contribution in [1.29, 1.82) is 0 Å². The molecule has 0 saturated heterocycles. The highest BCUT2D eigenvalue weighted by Crippen LogP contribution is 2.12. The molecule has 62 valence electrons. The number of halogens is 2. The number of rotatable bonds is 0. The summed E-state index contributed by atoms with van der Waals surface area (Å²) in [4.78, 5) is 3.85. The van der Waals surface area contributed by atoms with E-state index in [1.807, 2.05) is 13.8 Å². The fraction of sp³-hybridized carbons (Fsp3) is 0.375. The summed E-state index contributed by atoms with van der Waals surface area (Å²) < 4.78 is 12.9. The summed E-state index contributed by atoms with van der Waals surface area (Å²) in [6.45, 7) is 5.75. The molecule has 0 amide bonds. The topological polar surface area (TPSA) is 12.9 Å². The lowest BCUT2D eigenvalue weighted by Gasteiger charge is -1.92. The molecule has 0 bridgehead atoms. The predicted octanol–water partition coefficient (Wildman–Crippen LogP) is 3.32. The van der Waals surface area contributed by atoms with E-state index in [1.165, 1.54) is 12.3 Å². The van der Waals surface area contributed by atoms with Gasteiger partial charge in [0.1, 0.15) is 5.82 Å². The first-order valence-electron chi connectivity index (χ1n) is 3.48. The van der Waals surface area contributed by atoms with Gasteiger partial charge in [0, 0.05) is 11.9 Å². The van der Waals surface area contributed by atoms with Crippen molar-refractivity contribution in [3.8, 4) is 0 Å². The zero-order valence-electron chi connectivity index (χ0n) is 6.86. The van der Waals surface area contributed by atoms with Gasteiger partial charge in [0.2, 0.25) is 0 Å². The summed E-state index contributed by atoms with van der Waals surface area (Å²) in [6, 6.07) is 1.38. The van der Waals surface area contributed by atoms with Crippen LogP contribution >= 0.6 is 15.9 Å². The van der Waals surface area contributed by atoms with Crippen LogP contribution in [0.15, 0.2) is 16.7 Å². The van der Waals surface area contributed by atoms with Gasteiger partial charge in [0.25, 0.3) is 0 Å². The molecule has 0 fully saturated rings. The smallest absolute Gasteiger partial charge is 0.140 e. The molecule has 0 saturated carbocycles. The molecule has 0 aliphatic heterocycles. The molecule has 0 aliphatic carbocycles. The van der Waals surface area contributed by atoms with Crippen molar-refractivity contribution in [1.82, 2.24) is 4.98 Å². The van der Waals surface area contributed by atoms with E-state index >= 15 is 0 Å². The zero-order chi connectivity index (χ0) is 8.85. The van der Waals surface area contributed by atoms with E-state index in [1.54, 1.807) is 6.92 Å². The minimum absolute atomic E-state index is 0.262. The first kappa shape index (κ1) is 10.6. The van der Waals surface area contributed by atoms with Crippen LogP contribution in [0.2, 0.25) is 0 Å². The van der Waals surface area contributed by atoms with E-state index < -0.39 is 0 Å².